The van der Waals surface area contributed by atoms with Gasteiger partial charge in [-0.3, -0.25) is 0 Å². The number of nitrogens with one attached hydrogen (secondary N) is 2. The fraction of sp³-hybridized carbons (Fsp3) is 0.455. The van der Waals surface area contributed by atoms with Crippen molar-refractivity contribution in [2.75, 3.05) is 12.8 Å². The van der Waals surface area contributed by atoms with Gasteiger partial charge in [0.05, 0.1) is 11.2 Å². The molecule has 0 aliphatic heterocycles. The van der Waals surface area contributed by atoms with E-state index in [1.165, 1.54) is 13.8 Å². The third kappa shape index (κ3) is 6.04. The van der Waals surface area contributed by atoms with Gasteiger partial charge in [0.1, 0.15) is 11.6 Å². The van der Waals surface area contributed by atoms with Crippen LogP contribution < -0.4 is 9.44 Å². The first-order chi connectivity index (χ1) is 9.31. The zero-order valence-electron chi connectivity index (χ0n) is 11.6. The van der Waals surface area contributed by atoms with E-state index in [-0.39, 0.29) is 6.54 Å². The maximum Gasteiger partial charge on any atom is 0.240 e. The van der Waals surface area contributed by atoms with Crippen molar-refractivity contribution >= 4 is 20.0 Å². The molecular formula is C11H16F2N2O4S2. The third-order valence-electron chi connectivity index (χ3n) is 2.31. The van der Waals surface area contributed by atoms with Crippen LogP contribution in [0.25, 0.3) is 0 Å². The van der Waals surface area contributed by atoms with Gasteiger partial charge in [0, 0.05) is 18.2 Å². The van der Waals surface area contributed by atoms with Crippen LogP contribution in [-0.4, -0.2) is 35.2 Å². The molecule has 10 heteroatoms. The molecular weight excluding hydrogens is 326 g/mol. The molecule has 1 aromatic carbocycles. The van der Waals surface area contributed by atoms with Crippen LogP contribution in [0.2, 0.25) is 0 Å². The van der Waals surface area contributed by atoms with E-state index in [4.69, 9.17) is 0 Å². The van der Waals surface area contributed by atoms with Gasteiger partial charge in [0.2, 0.25) is 20.0 Å². The van der Waals surface area contributed by atoms with Gasteiger partial charge < -0.3 is 0 Å². The number of rotatable bonds is 6. The molecule has 21 heavy (non-hydrogen) atoms. The first-order valence-electron chi connectivity index (χ1n) is 5.75. The quantitative estimate of drug-likeness (QED) is 0.791. The summed E-state index contributed by atoms with van der Waals surface area (Å²) in [7, 11) is -7.69. The van der Waals surface area contributed by atoms with E-state index in [1.807, 2.05) is 0 Å². The Labute approximate surface area is 122 Å². The summed E-state index contributed by atoms with van der Waals surface area (Å²) in [5, 5.41) is 0. The molecule has 0 spiro atoms. The number of benzene rings is 1. The number of hydrogen-bond acceptors (Lipinski definition) is 4. The molecule has 6 nitrogen and oxygen atoms in total. The predicted octanol–water partition coefficient (Wildman–Crippen LogP) is 0.571. The normalized spacial score (nSPS) is 13.4. The Morgan fingerprint density at radius 1 is 1.05 bits per heavy atom. The van der Waals surface area contributed by atoms with Crippen LogP contribution in [0.15, 0.2) is 23.1 Å². The monoisotopic (exact) mass is 342 g/mol. The van der Waals surface area contributed by atoms with Gasteiger partial charge in [0.25, 0.3) is 0 Å². The van der Waals surface area contributed by atoms with E-state index in [1.54, 1.807) is 0 Å². The van der Waals surface area contributed by atoms with Gasteiger partial charge in [-0.2, -0.15) is 0 Å². The molecule has 0 heterocycles. The summed E-state index contributed by atoms with van der Waals surface area (Å²) >= 11 is 0. The lowest BCUT2D eigenvalue weighted by Gasteiger charge is -2.25. The van der Waals surface area contributed by atoms with Gasteiger partial charge in [-0.1, -0.05) is 0 Å². The van der Waals surface area contributed by atoms with Gasteiger partial charge in [-0.15, -0.1) is 0 Å². The Bertz CT molecular complexity index is 710. The van der Waals surface area contributed by atoms with E-state index >= 15 is 0 Å². The minimum Gasteiger partial charge on any atom is -0.213 e. The van der Waals surface area contributed by atoms with Crippen molar-refractivity contribution in [3.05, 3.63) is 29.8 Å². The smallest absolute Gasteiger partial charge is 0.213 e. The molecule has 0 aromatic heterocycles. The molecule has 0 unspecified atom stereocenters. The molecule has 0 fully saturated rings. The van der Waals surface area contributed by atoms with E-state index < -0.39 is 42.1 Å². The third-order valence-corrected chi connectivity index (χ3v) is 4.62. The Kier molecular flexibility index (Phi) is 5.09. The molecule has 1 rings (SSSR count). The summed E-state index contributed by atoms with van der Waals surface area (Å²) in [6.45, 7) is 2.63. The first kappa shape index (κ1) is 18.0. The van der Waals surface area contributed by atoms with Crippen molar-refractivity contribution < 1.29 is 25.6 Å². The fourth-order valence-corrected chi connectivity index (χ4v) is 3.91. The van der Waals surface area contributed by atoms with Crippen molar-refractivity contribution in [3.8, 4) is 0 Å². The minimum atomic E-state index is -4.16. The van der Waals surface area contributed by atoms with Crippen molar-refractivity contribution in [2.45, 2.75) is 24.3 Å². The van der Waals surface area contributed by atoms with Crippen LogP contribution in [0.1, 0.15) is 13.8 Å². The van der Waals surface area contributed by atoms with E-state index in [0.717, 1.165) is 6.26 Å². The van der Waals surface area contributed by atoms with Gasteiger partial charge >= 0.3 is 0 Å². The highest BCUT2D eigenvalue weighted by atomic mass is 32.2. The Morgan fingerprint density at radius 2 is 1.52 bits per heavy atom. The van der Waals surface area contributed by atoms with Crippen LogP contribution in [0.3, 0.4) is 0 Å². The van der Waals surface area contributed by atoms with Gasteiger partial charge in [-0.25, -0.2) is 35.1 Å². The summed E-state index contributed by atoms with van der Waals surface area (Å²) in [5.74, 6) is -2.05. The van der Waals surface area contributed by atoms with E-state index in [9.17, 15) is 25.6 Å². The lowest BCUT2D eigenvalue weighted by atomic mass is 10.1. The molecule has 0 atom stereocenters. The van der Waals surface area contributed by atoms with E-state index in [0.29, 0.717) is 18.2 Å². The summed E-state index contributed by atoms with van der Waals surface area (Å²) in [4.78, 5) is -0.574. The molecule has 2 N–H and O–H groups in total. The van der Waals surface area contributed by atoms with Crippen LogP contribution in [0.5, 0.6) is 0 Å². The van der Waals surface area contributed by atoms with Crippen molar-refractivity contribution in [1.29, 1.82) is 0 Å². The molecule has 120 valence electrons. The molecule has 0 amide bonds. The summed E-state index contributed by atoms with van der Waals surface area (Å²) in [6, 6.07) is 1.89. The second-order valence-corrected chi connectivity index (χ2v) is 8.70. The zero-order valence-corrected chi connectivity index (χ0v) is 13.3. The minimum absolute atomic E-state index is 0.291. The number of halogens is 2. The zero-order chi connectivity index (χ0) is 16.5. The summed E-state index contributed by atoms with van der Waals surface area (Å²) < 4.78 is 76.5. The molecule has 0 aliphatic carbocycles. The second-order valence-electron chi connectivity index (χ2n) is 5.19. The maximum absolute atomic E-state index is 13.0. The van der Waals surface area contributed by atoms with Gasteiger partial charge in [0.15, 0.2) is 0 Å². The Balaban J connectivity index is 2.91. The highest BCUT2D eigenvalue weighted by Crippen LogP contribution is 2.14. The standard InChI is InChI=1S/C11H16F2N2O4S2/c1-11(2,15-20(3,16)17)7-14-21(18,19)10-5-8(12)4-9(13)6-10/h4-6,14-15H,7H2,1-3H3. The van der Waals surface area contributed by atoms with Crippen molar-refractivity contribution in [2.24, 2.45) is 0 Å². The van der Waals surface area contributed by atoms with Crippen LogP contribution in [0, 0.1) is 11.6 Å². The summed E-state index contributed by atoms with van der Waals surface area (Å²) in [6.07, 6.45) is 0.936. The van der Waals surface area contributed by atoms with Crippen molar-refractivity contribution in [3.63, 3.8) is 0 Å². The van der Waals surface area contributed by atoms with Crippen LogP contribution >= 0.6 is 0 Å². The molecule has 0 bridgehead atoms. The Morgan fingerprint density at radius 3 is 1.95 bits per heavy atom. The Hall–Kier alpha value is -1.10. The first-order valence-corrected chi connectivity index (χ1v) is 9.13. The maximum atomic E-state index is 13.0. The fourth-order valence-electron chi connectivity index (χ4n) is 1.58. The number of hydrogen-bond donors (Lipinski definition) is 2. The predicted molar refractivity (Wildman–Crippen MR) is 73.6 cm³/mol. The largest absolute Gasteiger partial charge is 0.240 e. The molecule has 0 saturated carbocycles. The summed E-state index contributed by atoms with van der Waals surface area (Å²) in [5.41, 5.74) is -1.10. The lowest BCUT2D eigenvalue weighted by molar-refractivity contribution is 0.445. The second kappa shape index (κ2) is 5.95. The highest BCUT2D eigenvalue weighted by Gasteiger charge is 2.25. The molecule has 0 radical (unpaired) electrons. The lowest BCUT2D eigenvalue weighted by Crippen LogP contribution is -2.50. The molecule has 1 aromatic rings. The van der Waals surface area contributed by atoms with Crippen LogP contribution in [-0.2, 0) is 20.0 Å². The molecule has 0 saturated heterocycles. The average molecular weight is 342 g/mol. The van der Waals surface area contributed by atoms with Gasteiger partial charge in [-0.05, 0) is 26.0 Å². The molecule has 0 aliphatic rings. The van der Waals surface area contributed by atoms with Crippen LogP contribution in [0.4, 0.5) is 8.78 Å². The number of sulfonamides is 2. The average Bonchev–Trinajstić information content (AvgIpc) is 2.22. The van der Waals surface area contributed by atoms with Crippen molar-refractivity contribution in [1.82, 2.24) is 9.44 Å². The topological polar surface area (TPSA) is 92.3 Å². The van der Waals surface area contributed by atoms with E-state index in [2.05, 4.69) is 9.44 Å². The SMILES string of the molecule is CC(C)(CNS(=O)(=O)c1cc(F)cc(F)c1)NS(C)(=O)=O. The highest BCUT2D eigenvalue weighted by molar-refractivity contribution is 7.89.